The molecule has 0 saturated carbocycles. The van der Waals surface area contributed by atoms with Crippen LogP contribution in [0.25, 0.3) is 0 Å². The van der Waals surface area contributed by atoms with Gasteiger partial charge in [-0.05, 0) is 12.1 Å². The highest BCUT2D eigenvalue weighted by Gasteiger charge is 2.09. The topological polar surface area (TPSA) is 32.3 Å². The van der Waals surface area contributed by atoms with Gasteiger partial charge in [0.05, 0.1) is 6.54 Å². The quantitative estimate of drug-likeness (QED) is 0.794. The number of amides is 1. The lowest BCUT2D eigenvalue weighted by Gasteiger charge is -2.18. The van der Waals surface area contributed by atoms with E-state index in [1.165, 1.54) is 11.0 Å². The van der Waals surface area contributed by atoms with Crippen molar-refractivity contribution in [2.45, 2.75) is 0 Å². The van der Waals surface area contributed by atoms with Crippen molar-refractivity contribution in [3.8, 4) is 0 Å². The third-order valence-corrected chi connectivity index (χ3v) is 2.17. The molecule has 0 spiro atoms. The maximum atomic E-state index is 13.0. The summed E-state index contributed by atoms with van der Waals surface area (Å²) in [7, 11) is 1.63. The largest absolute Gasteiger partial charge is 0.365 e. The van der Waals surface area contributed by atoms with E-state index in [9.17, 15) is 13.6 Å². The first kappa shape index (κ1) is 13.2. The highest BCUT2D eigenvalue weighted by molar-refractivity contribution is 5.81. The third-order valence-electron chi connectivity index (χ3n) is 2.17. The van der Waals surface area contributed by atoms with Crippen LogP contribution in [0.2, 0.25) is 0 Å². The Morgan fingerprint density at radius 1 is 1.47 bits per heavy atom. The molecule has 0 aliphatic heterocycles. The van der Waals surface area contributed by atoms with Crippen molar-refractivity contribution in [3.05, 3.63) is 42.5 Å². The highest BCUT2D eigenvalue weighted by atomic mass is 19.2. The second kappa shape index (κ2) is 5.98. The maximum absolute atomic E-state index is 13.0. The van der Waals surface area contributed by atoms with Gasteiger partial charge in [0.2, 0.25) is 5.91 Å². The van der Waals surface area contributed by atoms with Crippen molar-refractivity contribution < 1.29 is 13.6 Å². The maximum Gasteiger partial charge on any atom is 0.239 e. The van der Waals surface area contributed by atoms with Gasteiger partial charge in [0.1, 0.15) is 0 Å². The smallest absolute Gasteiger partial charge is 0.239 e. The summed E-state index contributed by atoms with van der Waals surface area (Å²) in [5.74, 6) is -2.05. The average molecular weight is 240 g/mol. The molecule has 5 heteroatoms. The third kappa shape index (κ3) is 3.86. The van der Waals surface area contributed by atoms with Gasteiger partial charge < -0.3 is 10.2 Å². The highest BCUT2D eigenvalue weighted by Crippen LogP contribution is 2.16. The summed E-state index contributed by atoms with van der Waals surface area (Å²) in [6.07, 6.45) is 1.56. The van der Waals surface area contributed by atoms with E-state index < -0.39 is 11.6 Å². The lowest BCUT2D eigenvalue weighted by molar-refractivity contribution is -0.119. The van der Waals surface area contributed by atoms with Gasteiger partial charge in [-0.25, -0.2) is 8.78 Å². The monoisotopic (exact) mass is 240 g/mol. The van der Waals surface area contributed by atoms with Crippen LogP contribution in [-0.4, -0.2) is 26.0 Å². The zero-order chi connectivity index (χ0) is 12.8. The molecular formula is C12H14F2N2O. The van der Waals surface area contributed by atoms with Crippen molar-refractivity contribution in [1.82, 2.24) is 5.32 Å². The van der Waals surface area contributed by atoms with Crippen LogP contribution in [-0.2, 0) is 4.79 Å². The second-order valence-corrected chi connectivity index (χ2v) is 3.55. The van der Waals surface area contributed by atoms with Crippen molar-refractivity contribution in [1.29, 1.82) is 0 Å². The number of hydrogen-bond acceptors (Lipinski definition) is 2. The van der Waals surface area contributed by atoms with Crippen LogP contribution in [0.15, 0.2) is 30.9 Å². The summed E-state index contributed by atoms with van der Waals surface area (Å²) < 4.78 is 25.7. The van der Waals surface area contributed by atoms with Crippen molar-refractivity contribution in [3.63, 3.8) is 0 Å². The van der Waals surface area contributed by atoms with Crippen LogP contribution in [0.3, 0.4) is 0 Å². The molecule has 0 saturated heterocycles. The number of carbonyl (C=O) groups is 1. The van der Waals surface area contributed by atoms with Gasteiger partial charge in [-0.3, -0.25) is 4.79 Å². The first-order valence-corrected chi connectivity index (χ1v) is 5.08. The summed E-state index contributed by atoms with van der Waals surface area (Å²) in [6, 6.07) is 3.50. The lowest BCUT2D eigenvalue weighted by atomic mass is 10.2. The van der Waals surface area contributed by atoms with Crippen LogP contribution >= 0.6 is 0 Å². The second-order valence-electron chi connectivity index (χ2n) is 3.55. The first-order valence-electron chi connectivity index (χ1n) is 5.08. The van der Waals surface area contributed by atoms with Gasteiger partial charge in [-0.2, -0.15) is 0 Å². The van der Waals surface area contributed by atoms with Gasteiger partial charge in [-0.1, -0.05) is 6.08 Å². The Bertz CT molecular complexity index is 421. The molecule has 92 valence electrons. The number of nitrogens with zero attached hydrogens (tertiary/aromatic N) is 1. The van der Waals surface area contributed by atoms with Gasteiger partial charge in [0.15, 0.2) is 11.6 Å². The number of benzene rings is 1. The van der Waals surface area contributed by atoms with Crippen LogP contribution in [0.5, 0.6) is 0 Å². The van der Waals surface area contributed by atoms with Crippen LogP contribution in [0.1, 0.15) is 0 Å². The predicted octanol–water partition coefficient (Wildman–Crippen LogP) is 1.70. The average Bonchev–Trinajstić information content (AvgIpc) is 2.30. The SMILES string of the molecule is C=CCNC(=O)CN(C)c1ccc(F)c(F)c1. The fourth-order valence-electron chi connectivity index (χ4n) is 1.27. The van der Waals surface area contributed by atoms with Crippen molar-refractivity contribution in [2.75, 3.05) is 25.0 Å². The molecule has 0 atom stereocenters. The zero-order valence-corrected chi connectivity index (χ0v) is 9.54. The molecular weight excluding hydrogens is 226 g/mol. The van der Waals surface area contributed by atoms with Gasteiger partial charge in [0.25, 0.3) is 0 Å². The number of carbonyl (C=O) groups excluding carboxylic acids is 1. The number of hydrogen-bond donors (Lipinski definition) is 1. The summed E-state index contributed by atoms with van der Waals surface area (Å²) in [5, 5.41) is 2.59. The van der Waals surface area contributed by atoms with E-state index in [-0.39, 0.29) is 12.5 Å². The molecule has 1 aromatic rings. The molecule has 0 bridgehead atoms. The Labute approximate surface area is 98.7 Å². The minimum atomic E-state index is -0.930. The zero-order valence-electron chi connectivity index (χ0n) is 9.54. The fourth-order valence-corrected chi connectivity index (χ4v) is 1.27. The number of nitrogens with one attached hydrogen (secondary N) is 1. The van der Waals surface area contributed by atoms with Crippen molar-refractivity contribution >= 4 is 11.6 Å². The standard InChI is InChI=1S/C12H14F2N2O/c1-3-6-15-12(17)8-16(2)9-4-5-10(13)11(14)7-9/h3-5,7H,1,6,8H2,2H3,(H,15,17). The Morgan fingerprint density at radius 3 is 2.76 bits per heavy atom. The van der Waals surface area contributed by atoms with Crippen LogP contribution < -0.4 is 10.2 Å². The molecule has 1 N–H and O–H groups in total. The molecule has 0 aromatic heterocycles. The fraction of sp³-hybridized carbons (Fsp3) is 0.250. The summed E-state index contributed by atoms with van der Waals surface area (Å²) in [5.41, 5.74) is 0.442. The molecule has 0 aliphatic carbocycles. The van der Waals surface area contributed by atoms with Crippen LogP contribution in [0.4, 0.5) is 14.5 Å². The number of rotatable bonds is 5. The Kier molecular flexibility index (Phi) is 4.63. The Morgan fingerprint density at radius 2 is 2.18 bits per heavy atom. The van der Waals surface area contributed by atoms with E-state index >= 15 is 0 Å². The van der Waals surface area contributed by atoms with Gasteiger partial charge >= 0.3 is 0 Å². The van der Waals surface area contributed by atoms with Crippen molar-refractivity contribution in [2.24, 2.45) is 0 Å². The molecule has 1 rings (SSSR count). The molecule has 1 amide bonds. The predicted molar refractivity (Wildman–Crippen MR) is 62.8 cm³/mol. The summed E-state index contributed by atoms with van der Waals surface area (Å²) >= 11 is 0. The van der Waals surface area contributed by atoms with E-state index in [0.29, 0.717) is 12.2 Å². The molecule has 3 nitrogen and oxygen atoms in total. The van der Waals surface area contributed by atoms with Gasteiger partial charge in [0, 0.05) is 25.3 Å². The molecule has 0 heterocycles. The Hall–Kier alpha value is -1.91. The minimum Gasteiger partial charge on any atom is -0.365 e. The van der Waals surface area contributed by atoms with E-state index in [2.05, 4.69) is 11.9 Å². The molecule has 0 aliphatic rings. The number of halogens is 2. The minimum absolute atomic E-state index is 0.0684. The normalized spacial score (nSPS) is 9.82. The van der Waals surface area contributed by atoms with E-state index in [1.54, 1.807) is 13.1 Å². The number of likely N-dealkylation sites (N-methyl/N-ethyl adjacent to an activating group) is 1. The molecule has 0 radical (unpaired) electrons. The van der Waals surface area contributed by atoms with E-state index in [0.717, 1.165) is 12.1 Å². The van der Waals surface area contributed by atoms with Gasteiger partial charge in [-0.15, -0.1) is 6.58 Å². The Balaban J connectivity index is 2.63. The summed E-state index contributed by atoms with van der Waals surface area (Å²) in [4.78, 5) is 12.9. The van der Waals surface area contributed by atoms with Crippen LogP contribution in [0, 0.1) is 11.6 Å². The molecule has 17 heavy (non-hydrogen) atoms. The number of anilines is 1. The van der Waals surface area contributed by atoms with E-state index in [1.807, 2.05) is 0 Å². The molecule has 0 unspecified atom stereocenters. The summed E-state index contributed by atoms with van der Waals surface area (Å²) in [6.45, 7) is 3.92. The van der Waals surface area contributed by atoms with E-state index in [4.69, 9.17) is 0 Å². The molecule has 1 aromatic carbocycles. The first-order chi connectivity index (χ1) is 8.04. The molecule has 0 fully saturated rings. The lowest BCUT2D eigenvalue weighted by Crippen LogP contribution is -2.35.